The second kappa shape index (κ2) is 13.6. The van der Waals surface area contributed by atoms with E-state index in [1.165, 1.54) is 27.2 Å². The zero-order chi connectivity index (χ0) is 40.7. The van der Waals surface area contributed by atoms with E-state index in [1.54, 1.807) is 0 Å². The van der Waals surface area contributed by atoms with Crippen molar-refractivity contribution in [3.8, 4) is 27.9 Å². The molecule has 0 N–H and O–H groups in total. The maximum absolute atomic E-state index is 6.78. The molecule has 4 nitrogen and oxygen atoms in total. The van der Waals surface area contributed by atoms with E-state index in [1.807, 2.05) is 18.2 Å². The van der Waals surface area contributed by atoms with Crippen LogP contribution in [0.25, 0.3) is 104 Å². The van der Waals surface area contributed by atoms with Gasteiger partial charge in [-0.15, -0.1) is 0 Å². The Morgan fingerprint density at radius 3 is 1.65 bits per heavy atom. The monoisotopic (exact) mass is 792 g/mol. The molecule has 0 bridgehead atoms. The van der Waals surface area contributed by atoms with Crippen LogP contribution in [0.1, 0.15) is 0 Å². The third kappa shape index (κ3) is 5.27. The van der Waals surface area contributed by atoms with Crippen LogP contribution in [0.2, 0.25) is 0 Å². The predicted octanol–water partition coefficient (Wildman–Crippen LogP) is 16.5. The van der Waals surface area contributed by atoms with Gasteiger partial charge in [0.1, 0.15) is 22.3 Å². The van der Waals surface area contributed by atoms with E-state index >= 15 is 0 Å². The first-order valence-electron chi connectivity index (χ1n) is 21.1. The average molecular weight is 793 g/mol. The van der Waals surface area contributed by atoms with E-state index in [0.29, 0.717) is 0 Å². The number of hydrogen-bond donors (Lipinski definition) is 0. The van der Waals surface area contributed by atoms with Gasteiger partial charge in [0.15, 0.2) is 0 Å². The average Bonchev–Trinajstić information content (AvgIpc) is 4.02. The molecule has 0 unspecified atom stereocenters. The van der Waals surface area contributed by atoms with Crippen molar-refractivity contribution in [3.05, 3.63) is 218 Å². The lowest BCUT2D eigenvalue weighted by atomic mass is 9.98. The maximum atomic E-state index is 6.78. The Hall–Kier alpha value is -8.34. The molecule has 13 aromatic rings. The lowest BCUT2D eigenvalue weighted by Crippen LogP contribution is -2.11. The van der Waals surface area contributed by atoms with Crippen LogP contribution in [0.3, 0.4) is 0 Å². The summed E-state index contributed by atoms with van der Waals surface area (Å²) in [5, 5.41) is 9.20. The smallest absolute Gasteiger partial charge is 0.143 e. The summed E-state index contributed by atoms with van der Waals surface area (Å²) in [5.41, 5.74) is 14.4. The fourth-order valence-electron chi connectivity index (χ4n) is 9.76. The number of aromatic nitrogens is 1. The second-order valence-electron chi connectivity index (χ2n) is 16.0. The number of hydrogen-bond acceptors (Lipinski definition) is 3. The van der Waals surface area contributed by atoms with E-state index in [9.17, 15) is 0 Å². The maximum Gasteiger partial charge on any atom is 0.143 e. The Morgan fingerprint density at radius 2 is 0.903 bits per heavy atom. The van der Waals surface area contributed by atoms with Crippen LogP contribution in [0.4, 0.5) is 17.1 Å². The minimum Gasteiger partial charge on any atom is -0.455 e. The summed E-state index contributed by atoms with van der Waals surface area (Å²) in [6, 6.07) is 78.0. The molecule has 13 rings (SSSR count). The highest BCUT2D eigenvalue weighted by molar-refractivity contribution is 6.14. The first kappa shape index (κ1) is 34.5. The van der Waals surface area contributed by atoms with Crippen LogP contribution in [-0.4, -0.2) is 4.57 Å². The fraction of sp³-hybridized carbons (Fsp3) is 0. The van der Waals surface area contributed by atoms with E-state index in [4.69, 9.17) is 8.83 Å². The number of para-hydroxylation sites is 5. The molecule has 10 aromatic carbocycles. The summed E-state index contributed by atoms with van der Waals surface area (Å²) < 4.78 is 15.7. The van der Waals surface area contributed by atoms with Gasteiger partial charge >= 0.3 is 0 Å². The first-order valence-corrected chi connectivity index (χ1v) is 21.1. The van der Waals surface area contributed by atoms with Crippen molar-refractivity contribution in [3.63, 3.8) is 0 Å². The minimum atomic E-state index is 0.862. The summed E-state index contributed by atoms with van der Waals surface area (Å²) >= 11 is 0. The molecule has 0 saturated heterocycles. The molecule has 0 spiro atoms. The van der Waals surface area contributed by atoms with E-state index < -0.39 is 0 Å². The molecule has 3 heterocycles. The van der Waals surface area contributed by atoms with Gasteiger partial charge in [0.05, 0.1) is 16.7 Å². The molecule has 0 aliphatic carbocycles. The zero-order valence-corrected chi connectivity index (χ0v) is 33.5. The molecular formula is C58H36N2O2. The topological polar surface area (TPSA) is 34.5 Å². The third-order valence-corrected chi connectivity index (χ3v) is 12.6. The number of anilines is 3. The predicted molar refractivity (Wildman–Crippen MR) is 258 cm³/mol. The summed E-state index contributed by atoms with van der Waals surface area (Å²) in [5.74, 6) is 0. The van der Waals surface area contributed by atoms with E-state index in [0.717, 1.165) is 94.3 Å². The fourth-order valence-corrected chi connectivity index (χ4v) is 9.76. The number of furan rings is 2. The summed E-state index contributed by atoms with van der Waals surface area (Å²) in [6.45, 7) is 0. The summed E-state index contributed by atoms with van der Waals surface area (Å²) in [7, 11) is 0. The summed E-state index contributed by atoms with van der Waals surface area (Å²) in [6.07, 6.45) is 0. The Bertz CT molecular complexity index is 3830. The molecule has 290 valence electrons. The van der Waals surface area contributed by atoms with Crippen LogP contribution in [-0.2, 0) is 0 Å². The molecule has 3 aromatic heterocycles. The highest BCUT2D eigenvalue weighted by Crippen LogP contribution is 2.46. The molecule has 0 atom stereocenters. The molecule has 0 radical (unpaired) electrons. The second-order valence-corrected chi connectivity index (χ2v) is 16.0. The highest BCUT2D eigenvalue weighted by Gasteiger charge is 2.22. The molecule has 0 aliphatic heterocycles. The van der Waals surface area contributed by atoms with Gasteiger partial charge in [0, 0.05) is 65.9 Å². The molecule has 0 fully saturated rings. The molecule has 0 amide bonds. The van der Waals surface area contributed by atoms with Crippen LogP contribution < -0.4 is 4.90 Å². The standard InChI is InChI=1S/C58H36N2O2/c1-2-18-43-37(14-1)15-12-27-52(43)59(41-17-11-16-39(34-41)44-23-13-24-49-47-21-5-9-28-55(47)61-57(44)49)42-35-50(58-51(36-42)48-22-6-10-29-56(48)62-58)38-30-32-40(33-31-38)60-53-25-7-3-19-45(53)46-20-4-8-26-54(46)60/h1-36H. The van der Waals surface area contributed by atoms with Crippen molar-refractivity contribution in [2.75, 3.05) is 4.90 Å². The zero-order valence-electron chi connectivity index (χ0n) is 33.5. The van der Waals surface area contributed by atoms with Crippen LogP contribution >= 0.6 is 0 Å². The van der Waals surface area contributed by atoms with Crippen molar-refractivity contribution in [1.29, 1.82) is 0 Å². The number of nitrogens with zero attached hydrogens (tertiary/aromatic N) is 2. The van der Waals surface area contributed by atoms with Crippen LogP contribution in [0.5, 0.6) is 0 Å². The van der Waals surface area contributed by atoms with Gasteiger partial charge < -0.3 is 18.3 Å². The number of benzene rings is 10. The van der Waals surface area contributed by atoms with Gasteiger partial charge in [0.25, 0.3) is 0 Å². The van der Waals surface area contributed by atoms with Crippen molar-refractivity contribution < 1.29 is 8.83 Å². The van der Waals surface area contributed by atoms with Crippen LogP contribution in [0, 0.1) is 0 Å². The SMILES string of the molecule is c1cc(-c2cccc3c2oc2ccccc23)cc(N(c2cc(-c3ccc(-n4c5ccccc5c5ccccc54)cc3)c3oc4ccccc4c3c2)c2cccc3ccccc23)c1. The molecule has 4 heteroatoms. The van der Waals surface area contributed by atoms with Crippen molar-refractivity contribution in [2.24, 2.45) is 0 Å². The van der Waals surface area contributed by atoms with E-state index in [2.05, 4.69) is 210 Å². The molecule has 0 aliphatic rings. The molecular weight excluding hydrogens is 757 g/mol. The van der Waals surface area contributed by atoms with Gasteiger partial charge in [-0.3, -0.25) is 0 Å². The molecule has 0 saturated carbocycles. The Morgan fingerprint density at radius 1 is 0.339 bits per heavy atom. The first-order chi connectivity index (χ1) is 30.7. The normalized spacial score (nSPS) is 11.9. The summed E-state index contributed by atoms with van der Waals surface area (Å²) in [4.78, 5) is 2.40. The number of rotatable bonds is 6. The van der Waals surface area contributed by atoms with Gasteiger partial charge in [-0.2, -0.15) is 0 Å². The Labute approximate surface area is 356 Å². The minimum absolute atomic E-state index is 0.862. The Balaban J connectivity index is 1.03. The lowest BCUT2D eigenvalue weighted by molar-refractivity contribution is 0.669. The quantitative estimate of drug-likeness (QED) is 0.168. The van der Waals surface area contributed by atoms with Crippen molar-refractivity contribution in [2.45, 2.75) is 0 Å². The third-order valence-electron chi connectivity index (χ3n) is 12.6. The van der Waals surface area contributed by atoms with Gasteiger partial charge in [0.2, 0.25) is 0 Å². The highest BCUT2D eigenvalue weighted by atomic mass is 16.3. The van der Waals surface area contributed by atoms with Gasteiger partial charge in [-0.1, -0.05) is 152 Å². The van der Waals surface area contributed by atoms with Gasteiger partial charge in [-0.05, 0) is 83.2 Å². The number of fused-ring (bicyclic) bond motifs is 10. The largest absolute Gasteiger partial charge is 0.455 e. The van der Waals surface area contributed by atoms with E-state index in [-0.39, 0.29) is 0 Å². The van der Waals surface area contributed by atoms with Crippen molar-refractivity contribution in [1.82, 2.24) is 4.57 Å². The van der Waals surface area contributed by atoms with Crippen molar-refractivity contribution >= 4 is 93.5 Å². The van der Waals surface area contributed by atoms with Crippen LogP contribution in [0.15, 0.2) is 227 Å². The Kier molecular flexibility index (Phi) is 7.57. The van der Waals surface area contributed by atoms with Gasteiger partial charge in [-0.25, -0.2) is 0 Å². The lowest BCUT2D eigenvalue weighted by Gasteiger charge is -2.28. The molecule has 62 heavy (non-hydrogen) atoms.